The first kappa shape index (κ1) is 16.2. The Morgan fingerprint density at radius 1 is 1.30 bits per heavy atom. The molecule has 1 saturated heterocycles. The number of carboxylic acids is 1. The number of carbonyl (C=O) groups excluding carboxylic acids is 1. The zero-order valence-corrected chi connectivity index (χ0v) is 12.1. The first-order chi connectivity index (χ1) is 9.32. The normalized spacial score (nSPS) is 23.6. The van der Waals surface area contributed by atoms with Crippen LogP contribution in [0.15, 0.2) is 30.3 Å². The quantitative estimate of drug-likeness (QED) is 0.679. The maximum Gasteiger partial charge on any atom is 0.338 e. The second-order valence-corrected chi connectivity index (χ2v) is 5.00. The Bertz CT molecular complexity index is 468. The maximum atomic E-state index is 10.7. The fourth-order valence-corrected chi connectivity index (χ4v) is 1.62. The Morgan fingerprint density at radius 3 is 2.15 bits per heavy atom. The van der Waals surface area contributed by atoms with Crippen LogP contribution in [0.3, 0.4) is 0 Å². The molecule has 0 radical (unpaired) electrons. The monoisotopic (exact) mass is 280 g/mol. The minimum atomic E-state index is -1.01. The van der Waals surface area contributed by atoms with Gasteiger partial charge in [0.25, 0.3) is 0 Å². The fourth-order valence-electron chi connectivity index (χ4n) is 1.62. The van der Waals surface area contributed by atoms with Crippen LogP contribution in [-0.2, 0) is 19.1 Å². The van der Waals surface area contributed by atoms with Crippen LogP contribution in [-0.4, -0.2) is 29.8 Å². The van der Waals surface area contributed by atoms with Crippen LogP contribution in [0.4, 0.5) is 0 Å². The van der Waals surface area contributed by atoms with Gasteiger partial charge in [0.2, 0.25) is 0 Å². The van der Waals surface area contributed by atoms with Crippen LogP contribution in [0.5, 0.6) is 0 Å². The van der Waals surface area contributed by atoms with Crippen LogP contribution < -0.4 is 0 Å². The molecule has 20 heavy (non-hydrogen) atoms. The van der Waals surface area contributed by atoms with Gasteiger partial charge in [-0.15, -0.1) is 0 Å². The second kappa shape index (κ2) is 6.52. The summed E-state index contributed by atoms with van der Waals surface area (Å²) in [6, 6.07) is 9.39. The summed E-state index contributed by atoms with van der Waals surface area (Å²) < 4.78 is 9.53. The highest BCUT2D eigenvalue weighted by Gasteiger charge is 2.59. The Labute approximate surface area is 118 Å². The lowest BCUT2D eigenvalue weighted by atomic mass is 10.0. The molecule has 5 heteroatoms. The number of esters is 1. The first-order valence-corrected chi connectivity index (χ1v) is 6.37. The van der Waals surface area contributed by atoms with Gasteiger partial charge in [-0.25, -0.2) is 4.79 Å². The lowest BCUT2D eigenvalue weighted by Crippen LogP contribution is -2.20. The number of aliphatic carboxylic acids is 1. The van der Waals surface area contributed by atoms with Gasteiger partial charge in [0.1, 0.15) is 6.10 Å². The number of benzene rings is 1. The van der Waals surface area contributed by atoms with Crippen LogP contribution in [0.2, 0.25) is 0 Å². The van der Waals surface area contributed by atoms with Crippen molar-refractivity contribution in [3.05, 3.63) is 35.9 Å². The molecule has 110 valence electrons. The molecule has 1 fully saturated rings. The van der Waals surface area contributed by atoms with Gasteiger partial charge in [0.15, 0.2) is 5.60 Å². The summed E-state index contributed by atoms with van der Waals surface area (Å²) in [4.78, 5) is 21.0. The van der Waals surface area contributed by atoms with Crippen molar-refractivity contribution in [3.8, 4) is 0 Å². The highest BCUT2D eigenvalue weighted by Crippen LogP contribution is 2.49. The SMILES string of the molecule is CC1(C(=O)O)OC1c1ccccc1.COC(=O)C(C)C. The molecule has 0 saturated carbocycles. The molecule has 1 aromatic rings. The van der Waals surface area contributed by atoms with Crippen molar-refractivity contribution in [2.24, 2.45) is 5.92 Å². The lowest BCUT2D eigenvalue weighted by molar-refractivity contribution is -0.144. The smallest absolute Gasteiger partial charge is 0.338 e. The van der Waals surface area contributed by atoms with E-state index in [0.717, 1.165) is 5.56 Å². The molecule has 0 bridgehead atoms. The Kier molecular flexibility index (Phi) is 5.27. The van der Waals surface area contributed by atoms with E-state index in [4.69, 9.17) is 9.84 Å². The average molecular weight is 280 g/mol. The first-order valence-electron chi connectivity index (χ1n) is 6.37. The van der Waals surface area contributed by atoms with E-state index in [0.29, 0.717) is 0 Å². The molecule has 2 rings (SSSR count). The average Bonchev–Trinajstić information content (AvgIpc) is 3.13. The summed E-state index contributed by atoms with van der Waals surface area (Å²) in [7, 11) is 1.39. The van der Waals surface area contributed by atoms with Crippen molar-refractivity contribution in [3.63, 3.8) is 0 Å². The number of carboxylic acid groups (broad SMARTS) is 1. The summed E-state index contributed by atoms with van der Waals surface area (Å²) in [5.41, 5.74) is -0.0890. The van der Waals surface area contributed by atoms with Crippen molar-refractivity contribution in [1.82, 2.24) is 0 Å². The Morgan fingerprint density at radius 2 is 1.85 bits per heavy atom. The summed E-state index contributed by atoms with van der Waals surface area (Å²) >= 11 is 0. The Hall–Kier alpha value is -1.88. The predicted octanol–water partition coefficient (Wildman–Crippen LogP) is 2.42. The van der Waals surface area contributed by atoms with Crippen LogP contribution in [0, 0.1) is 5.92 Å². The predicted molar refractivity (Wildman–Crippen MR) is 73.2 cm³/mol. The molecule has 0 spiro atoms. The van der Waals surface area contributed by atoms with E-state index in [9.17, 15) is 9.59 Å². The van der Waals surface area contributed by atoms with E-state index < -0.39 is 11.6 Å². The van der Waals surface area contributed by atoms with Gasteiger partial charge in [-0.2, -0.15) is 0 Å². The van der Waals surface area contributed by atoms with Crippen molar-refractivity contribution in [1.29, 1.82) is 0 Å². The standard InChI is InChI=1S/C10H10O3.C5H10O2/c1-10(9(11)12)8(13-10)7-5-3-2-4-6-7;1-4(2)5(6)7-3/h2-6,8H,1H3,(H,11,12);4H,1-3H3. The van der Waals surface area contributed by atoms with E-state index >= 15 is 0 Å². The third kappa shape index (κ3) is 3.81. The second-order valence-electron chi connectivity index (χ2n) is 5.00. The van der Waals surface area contributed by atoms with E-state index in [1.165, 1.54) is 7.11 Å². The molecule has 2 unspecified atom stereocenters. The number of carbonyl (C=O) groups is 2. The number of hydrogen-bond donors (Lipinski definition) is 1. The van der Waals surface area contributed by atoms with Crippen LogP contribution in [0.25, 0.3) is 0 Å². The highest BCUT2D eigenvalue weighted by molar-refractivity contribution is 5.81. The van der Waals surface area contributed by atoms with Gasteiger partial charge >= 0.3 is 11.9 Å². The zero-order valence-electron chi connectivity index (χ0n) is 12.1. The van der Waals surface area contributed by atoms with E-state index in [1.54, 1.807) is 20.8 Å². The molecule has 5 nitrogen and oxygen atoms in total. The van der Waals surface area contributed by atoms with Crippen LogP contribution >= 0.6 is 0 Å². The number of rotatable bonds is 3. The fraction of sp³-hybridized carbons (Fsp3) is 0.467. The largest absolute Gasteiger partial charge is 0.479 e. The molecule has 1 aromatic carbocycles. The molecule has 2 atom stereocenters. The number of methoxy groups -OCH3 is 1. The molecule has 1 aliphatic heterocycles. The minimum absolute atomic E-state index is 0.00463. The molecule has 0 aliphatic carbocycles. The van der Waals surface area contributed by atoms with Gasteiger partial charge < -0.3 is 14.6 Å². The van der Waals surface area contributed by atoms with Gasteiger partial charge in [0, 0.05) is 0 Å². The van der Waals surface area contributed by atoms with Crippen molar-refractivity contribution >= 4 is 11.9 Å². The van der Waals surface area contributed by atoms with Gasteiger partial charge in [-0.3, -0.25) is 4.79 Å². The highest BCUT2D eigenvalue weighted by atomic mass is 16.6. The molecule has 1 aliphatic rings. The molecule has 0 aromatic heterocycles. The maximum absolute atomic E-state index is 10.7. The van der Waals surface area contributed by atoms with E-state index in [-0.39, 0.29) is 18.0 Å². The third-order valence-electron chi connectivity index (χ3n) is 3.01. The zero-order chi connectivity index (χ0) is 15.3. The lowest BCUT2D eigenvalue weighted by Gasteiger charge is -1.98. The molecular formula is C15H20O5. The van der Waals surface area contributed by atoms with Gasteiger partial charge in [-0.05, 0) is 12.5 Å². The summed E-state index contributed by atoms with van der Waals surface area (Å²) in [5, 5.41) is 8.82. The van der Waals surface area contributed by atoms with Crippen molar-refractivity contribution < 1.29 is 24.2 Å². The van der Waals surface area contributed by atoms with Gasteiger partial charge in [-0.1, -0.05) is 44.2 Å². The summed E-state index contributed by atoms with van der Waals surface area (Å²) in [6.07, 6.45) is -0.286. The van der Waals surface area contributed by atoms with Crippen LogP contribution in [0.1, 0.15) is 32.4 Å². The number of hydrogen-bond acceptors (Lipinski definition) is 4. The molecule has 0 amide bonds. The minimum Gasteiger partial charge on any atom is -0.479 e. The molecule has 1 N–H and O–H groups in total. The van der Waals surface area contributed by atoms with Gasteiger partial charge in [0.05, 0.1) is 13.0 Å². The Balaban J connectivity index is 0.000000246. The summed E-state index contributed by atoms with van der Waals surface area (Å²) in [6.45, 7) is 5.19. The topological polar surface area (TPSA) is 76.1 Å². The molecule has 1 heterocycles. The van der Waals surface area contributed by atoms with E-state index in [1.807, 2.05) is 30.3 Å². The van der Waals surface area contributed by atoms with Crippen molar-refractivity contribution in [2.75, 3.05) is 7.11 Å². The molecular weight excluding hydrogens is 260 g/mol. The summed E-state index contributed by atoms with van der Waals surface area (Å²) in [5.74, 6) is -1.05. The number of ether oxygens (including phenoxy) is 2. The third-order valence-corrected chi connectivity index (χ3v) is 3.01. The van der Waals surface area contributed by atoms with E-state index in [2.05, 4.69) is 4.74 Å². The number of epoxide rings is 1. The van der Waals surface area contributed by atoms with Crippen molar-refractivity contribution in [2.45, 2.75) is 32.5 Å².